The number of rotatable bonds is 4. The summed E-state index contributed by atoms with van der Waals surface area (Å²) in [5.74, 6) is 1.64. The van der Waals surface area contributed by atoms with Gasteiger partial charge >= 0.3 is 0 Å². The standard InChI is InChI=1S/C24H20N2O5/c1-14-9-16(15(2)26(14)18-5-8-22-23(11-18)31-13-30-22)3-6-20(27)17-4-7-21-19(10-17)25-24(28)12-29-21/h3-11H,12-13H2,1-2H3,(H,25,28)/b6-3+. The number of amides is 1. The summed E-state index contributed by atoms with van der Waals surface area (Å²) >= 11 is 0. The molecule has 2 aliphatic rings. The van der Waals surface area contributed by atoms with Gasteiger partial charge in [-0.15, -0.1) is 0 Å². The number of nitrogens with zero attached hydrogens (tertiary/aromatic N) is 1. The highest BCUT2D eigenvalue weighted by atomic mass is 16.7. The maximum Gasteiger partial charge on any atom is 0.262 e. The molecule has 7 nitrogen and oxygen atoms in total. The van der Waals surface area contributed by atoms with Gasteiger partial charge in [-0.3, -0.25) is 9.59 Å². The zero-order valence-corrected chi connectivity index (χ0v) is 17.1. The summed E-state index contributed by atoms with van der Waals surface area (Å²) in [7, 11) is 0. The summed E-state index contributed by atoms with van der Waals surface area (Å²) < 4.78 is 18.3. The van der Waals surface area contributed by atoms with Crippen molar-refractivity contribution in [2.75, 3.05) is 18.7 Å². The Hall–Kier alpha value is -4.00. The lowest BCUT2D eigenvalue weighted by Gasteiger charge is -2.17. The quantitative estimate of drug-likeness (QED) is 0.513. The predicted molar refractivity (Wildman–Crippen MR) is 115 cm³/mol. The number of allylic oxidation sites excluding steroid dienone is 1. The number of ether oxygens (including phenoxy) is 3. The van der Waals surface area contributed by atoms with E-state index in [1.54, 1.807) is 24.3 Å². The predicted octanol–water partition coefficient (Wildman–Crippen LogP) is 4.05. The first-order valence-electron chi connectivity index (χ1n) is 9.88. The highest BCUT2D eigenvalue weighted by Gasteiger charge is 2.18. The third-order valence-electron chi connectivity index (χ3n) is 5.40. The van der Waals surface area contributed by atoms with Crippen LogP contribution in [-0.2, 0) is 4.79 Å². The van der Waals surface area contributed by atoms with Crippen LogP contribution in [0.4, 0.5) is 5.69 Å². The van der Waals surface area contributed by atoms with Crippen molar-refractivity contribution in [3.63, 3.8) is 0 Å². The molecule has 0 saturated carbocycles. The lowest BCUT2D eigenvalue weighted by Crippen LogP contribution is -2.25. The second kappa shape index (κ2) is 7.36. The second-order valence-electron chi connectivity index (χ2n) is 7.44. The first kappa shape index (κ1) is 19.0. The number of carbonyl (C=O) groups is 2. The molecule has 1 aromatic heterocycles. The van der Waals surface area contributed by atoms with Gasteiger partial charge in [0.1, 0.15) is 5.75 Å². The Labute approximate surface area is 178 Å². The molecule has 0 aliphatic carbocycles. The molecule has 3 aromatic rings. The normalized spacial score (nSPS) is 14.3. The summed E-state index contributed by atoms with van der Waals surface area (Å²) in [6, 6.07) is 12.9. The third-order valence-corrected chi connectivity index (χ3v) is 5.40. The molecule has 2 aromatic carbocycles. The Morgan fingerprint density at radius 1 is 1.00 bits per heavy atom. The number of carbonyl (C=O) groups excluding carboxylic acids is 2. The van der Waals surface area contributed by atoms with Gasteiger partial charge < -0.3 is 24.1 Å². The number of ketones is 1. The van der Waals surface area contributed by atoms with Gasteiger partial charge in [-0.05, 0) is 68.0 Å². The Balaban J connectivity index is 1.40. The van der Waals surface area contributed by atoms with Gasteiger partial charge in [-0.25, -0.2) is 0 Å². The lowest BCUT2D eigenvalue weighted by atomic mass is 10.1. The second-order valence-corrected chi connectivity index (χ2v) is 7.44. The molecule has 3 heterocycles. The average Bonchev–Trinajstić information content (AvgIpc) is 3.34. The van der Waals surface area contributed by atoms with Crippen molar-refractivity contribution in [2.24, 2.45) is 0 Å². The van der Waals surface area contributed by atoms with Crippen LogP contribution in [0.5, 0.6) is 17.2 Å². The largest absolute Gasteiger partial charge is 0.482 e. The number of hydrogen-bond acceptors (Lipinski definition) is 5. The molecule has 0 unspecified atom stereocenters. The monoisotopic (exact) mass is 416 g/mol. The molecule has 1 N–H and O–H groups in total. The van der Waals surface area contributed by atoms with E-state index in [0.29, 0.717) is 17.0 Å². The topological polar surface area (TPSA) is 78.8 Å². The average molecular weight is 416 g/mol. The Bertz CT molecular complexity index is 1260. The highest BCUT2D eigenvalue weighted by Crippen LogP contribution is 2.35. The Kier molecular flexibility index (Phi) is 4.51. The smallest absolute Gasteiger partial charge is 0.262 e. The zero-order valence-electron chi connectivity index (χ0n) is 17.1. The molecule has 0 atom stereocenters. The molecule has 7 heteroatoms. The van der Waals surface area contributed by atoms with E-state index in [4.69, 9.17) is 14.2 Å². The fraction of sp³-hybridized carbons (Fsp3) is 0.167. The first-order valence-corrected chi connectivity index (χ1v) is 9.88. The summed E-state index contributed by atoms with van der Waals surface area (Å²) in [5, 5.41) is 2.72. The number of fused-ring (bicyclic) bond motifs is 2. The van der Waals surface area contributed by atoms with Gasteiger partial charge in [0, 0.05) is 28.7 Å². The Morgan fingerprint density at radius 2 is 1.81 bits per heavy atom. The summed E-state index contributed by atoms with van der Waals surface area (Å²) in [5.41, 5.74) is 4.94. The van der Waals surface area contributed by atoms with Crippen LogP contribution in [0.2, 0.25) is 0 Å². The molecule has 0 spiro atoms. The van der Waals surface area contributed by atoms with Gasteiger partial charge in [0.25, 0.3) is 5.91 Å². The number of anilines is 1. The van der Waals surface area contributed by atoms with Crippen molar-refractivity contribution in [3.05, 3.63) is 71.1 Å². The van der Waals surface area contributed by atoms with Gasteiger partial charge in [-0.2, -0.15) is 0 Å². The molecule has 1 amide bonds. The van der Waals surface area contributed by atoms with Crippen LogP contribution in [0.15, 0.2) is 48.5 Å². The van der Waals surface area contributed by atoms with Crippen LogP contribution in [0.3, 0.4) is 0 Å². The molecule has 31 heavy (non-hydrogen) atoms. The van der Waals surface area contributed by atoms with Crippen LogP contribution in [-0.4, -0.2) is 29.7 Å². The van der Waals surface area contributed by atoms with E-state index in [2.05, 4.69) is 9.88 Å². The SMILES string of the molecule is Cc1cc(/C=C/C(=O)c2ccc3c(c2)NC(=O)CO3)c(C)n1-c1ccc2c(c1)OCO2. The molecule has 0 radical (unpaired) electrons. The summed E-state index contributed by atoms with van der Waals surface area (Å²) in [6.07, 6.45) is 3.35. The van der Waals surface area contributed by atoms with Crippen molar-refractivity contribution in [2.45, 2.75) is 13.8 Å². The number of aryl methyl sites for hydroxylation is 1. The molecule has 0 saturated heterocycles. The van der Waals surface area contributed by atoms with E-state index in [9.17, 15) is 9.59 Å². The van der Waals surface area contributed by atoms with Crippen molar-refractivity contribution < 1.29 is 23.8 Å². The molecule has 0 bridgehead atoms. The van der Waals surface area contributed by atoms with Crippen LogP contribution in [0.1, 0.15) is 27.3 Å². The number of nitrogens with one attached hydrogen (secondary N) is 1. The van der Waals surface area contributed by atoms with Crippen LogP contribution < -0.4 is 19.5 Å². The maximum absolute atomic E-state index is 12.7. The van der Waals surface area contributed by atoms with E-state index in [1.807, 2.05) is 44.2 Å². The minimum atomic E-state index is -0.233. The van der Waals surface area contributed by atoms with Crippen LogP contribution >= 0.6 is 0 Å². The van der Waals surface area contributed by atoms with E-state index in [1.165, 1.54) is 0 Å². The lowest BCUT2D eigenvalue weighted by molar-refractivity contribution is -0.118. The van der Waals surface area contributed by atoms with E-state index < -0.39 is 0 Å². The molecule has 2 aliphatic heterocycles. The molecular formula is C24H20N2O5. The van der Waals surface area contributed by atoms with E-state index in [-0.39, 0.29) is 25.1 Å². The van der Waals surface area contributed by atoms with Crippen molar-refractivity contribution in [1.29, 1.82) is 0 Å². The van der Waals surface area contributed by atoms with E-state index in [0.717, 1.165) is 34.1 Å². The van der Waals surface area contributed by atoms with Gasteiger partial charge in [-0.1, -0.05) is 0 Å². The zero-order chi connectivity index (χ0) is 21.5. The fourth-order valence-corrected chi connectivity index (χ4v) is 3.88. The maximum atomic E-state index is 12.7. The first-order chi connectivity index (χ1) is 15.0. The minimum Gasteiger partial charge on any atom is -0.482 e. The van der Waals surface area contributed by atoms with Crippen LogP contribution in [0.25, 0.3) is 11.8 Å². The molecular weight excluding hydrogens is 396 g/mol. The number of aromatic nitrogens is 1. The minimum absolute atomic E-state index is 0.0147. The third kappa shape index (κ3) is 3.44. The Morgan fingerprint density at radius 3 is 2.68 bits per heavy atom. The molecule has 156 valence electrons. The van der Waals surface area contributed by atoms with Gasteiger partial charge in [0.2, 0.25) is 6.79 Å². The number of benzene rings is 2. The number of hydrogen-bond donors (Lipinski definition) is 1. The molecule has 5 rings (SSSR count). The van der Waals surface area contributed by atoms with Crippen molar-refractivity contribution in [3.8, 4) is 22.9 Å². The summed E-state index contributed by atoms with van der Waals surface area (Å²) in [4.78, 5) is 24.2. The fourth-order valence-electron chi connectivity index (χ4n) is 3.88. The highest BCUT2D eigenvalue weighted by molar-refractivity contribution is 6.08. The van der Waals surface area contributed by atoms with Crippen LogP contribution in [0, 0.1) is 13.8 Å². The van der Waals surface area contributed by atoms with Gasteiger partial charge in [0.05, 0.1) is 5.69 Å². The van der Waals surface area contributed by atoms with Crippen molar-refractivity contribution >= 4 is 23.5 Å². The summed E-state index contributed by atoms with van der Waals surface area (Å²) in [6.45, 7) is 4.24. The van der Waals surface area contributed by atoms with Crippen molar-refractivity contribution in [1.82, 2.24) is 4.57 Å². The van der Waals surface area contributed by atoms with E-state index >= 15 is 0 Å². The van der Waals surface area contributed by atoms with Gasteiger partial charge in [0.15, 0.2) is 23.9 Å². The molecule has 0 fully saturated rings.